The van der Waals surface area contributed by atoms with Crippen molar-refractivity contribution in [3.05, 3.63) is 28.6 Å². The molecule has 4 heteroatoms. The van der Waals surface area contributed by atoms with E-state index in [1.165, 1.54) is 0 Å². The number of aryl methyl sites for hydroxylation is 1. The van der Waals surface area contributed by atoms with Crippen molar-refractivity contribution >= 4 is 27.3 Å². The van der Waals surface area contributed by atoms with Crippen molar-refractivity contribution in [1.29, 1.82) is 0 Å². The van der Waals surface area contributed by atoms with Crippen molar-refractivity contribution in [1.82, 2.24) is 9.38 Å². The number of hydrogen-bond acceptors (Lipinski definition) is 2. The first-order valence-corrected chi connectivity index (χ1v) is 4.94. The summed E-state index contributed by atoms with van der Waals surface area (Å²) in [7, 11) is 0. The highest BCUT2D eigenvalue weighted by atomic mass is 79.9. The molecule has 68 valence electrons. The maximum absolute atomic E-state index is 5.85. The van der Waals surface area contributed by atoms with Gasteiger partial charge in [-0.15, -0.1) is 0 Å². The van der Waals surface area contributed by atoms with Gasteiger partial charge in [-0.05, 0) is 28.1 Å². The molecule has 0 unspecified atom stereocenters. The summed E-state index contributed by atoms with van der Waals surface area (Å²) in [6.07, 6.45) is 0.876. The Morgan fingerprint density at radius 1 is 1.54 bits per heavy atom. The van der Waals surface area contributed by atoms with Gasteiger partial charge in [0, 0.05) is 6.42 Å². The number of hydrogen-bond donors (Lipinski definition) is 1. The second-order valence-electron chi connectivity index (χ2n) is 2.84. The molecule has 0 amide bonds. The quantitative estimate of drug-likeness (QED) is 0.830. The van der Waals surface area contributed by atoms with Crippen molar-refractivity contribution in [2.45, 2.75) is 13.3 Å². The molecule has 2 aromatic rings. The fourth-order valence-corrected chi connectivity index (χ4v) is 1.95. The van der Waals surface area contributed by atoms with E-state index in [-0.39, 0.29) is 0 Å². The highest BCUT2D eigenvalue weighted by Crippen LogP contribution is 2.21. The van der Waals surface area contributed by atoms with E-state index in [4.69, 9.17) is 5.73 Å². The van der Waals surface area contributed by atoms with Crippen LogP contribution in [0.5, 0.6) is 0 Å². The molecule has 13 heavy (non-hydrogen) atoms. The summed E-state index contributed by atoms with van der Waals surface area (Å²) in [5.74, 6) is 1.72. The number of halogens is 1. The van der Waals surface area contributed by atoms with Crippen LogP contribution in [0.3, 0.4) is 0 Å². The Balaban J connectivity index is 2.89. The van der Waals surface area contributed by atoms with Crippen LogP contribution < -0.4 is 5.73 Å². The van der Waals surface area contributed by atoms with Gasteiger partial charge in [-0.1, -0.05) is 13.0 Å². The van der Waals surface area contributed by atoms with E-state index in [1.54, 1.807) is 0 Å². The average molecular weight is 240 g/mol. The van der Waals surface area contributed by atoms with E-state index in [0.29, 0.717) is 0 Å². The number of fused-ring (bicyclic) bond motifs is 1. The first-order valence-electron chi connectivity index (χ1n) is 4.15. The van der Waals surface area contributed by atoms with Gasteiger partial charge in [0.25, 0.3) is 0 Å². The molecular formula is C9H10BrN3. The topological polar surface area (TPSA) is 43.3 Å². The van der Waals surface area contributed by atoms with Gasteiger partial charge in [0.1, 0.15) is 16.2 Å². The highest BCUT2D eigenvalue weighted by Gasteiger charge is 2.08. The van der Waals surface area contributed by atoms with Crippen LogP contribution >= 0.6 is 15.9 Å². The summed E-state index contributed by atoms with van der Waals surface area (Å²) >= 11 is 3.41. The van der Waals surface area contributed by atoms with Crippen LogP contribution in [-0.2, 0) is 6.42 Å². The molecule has 0 spiro atoms. The second kappa shape index (κ2) is 3.03. The van der Waals surface area contributed by atoms with Crippen molar-refractivity contribution < 1.29 is 0 Å². The van der Waals surface area contributed by atoms with E-state index in [2.05, 4.69) is 27.8 Å². The molecule has 0 aliphatic carbocycles. The van der Waals surface area contributed by atoms with Gasteiger partial charge in [-0.25, -0.2) is 4.98 Å². The predicted octanol–water partition coefficient (Wildman–Crippen LogP) is 2.24. The summed E-state index contributed by atoms with van der Waals surface area (Å²) in [6.45, 7) is 2.06. The van der Waals surface area contributed by atoms with Crippen LogP contribution in [0.1, 0.15) is 12.7 Å². The summed E-state index contributed by atoms with van der Waals surface area (Å²) in [5, 5.41) is 0. The predicted molar refractivity (Wildman–Crippen MR) is 56.7 cm³/mol. The number of pyridine rings is 1. The van der Waals surface area contributed by atoms with E-state index in [0.717, 1.165) is 28.2 Å². The molecular weight excluding hydrogens is 230 g/mol. The molecule has 0 fully saturated rings. The number of nitrogen functional groups attached to an aromatic ring is 1. The number of nitrogens with zero attached hydrogens (tertiary/aromatic N) is 2. The third-order valence-electron chi connectivity index (χ3n) is 2.03. The summed E-state index contributed by atoms with van der Waals surface area (Å²) in [6, 6.07) is 5.80. The molecule has 0 aromatic carbocycles. The average Bonchev–Trinajstić information content (AvgIpc) is 2.45. The summed E-state index contributed by atoms with van der Waals surface area (Å²) < 4.78 is 2.82. The lowest BCUT2D eigenvalue weighted by Crippen LogP contribution is -1.99. The van der Waals surface area contributed by atoms with Gasteiger partial charge < -0.3 is 5.73 Å². The molecule has 3 nitrogen and oxygen atoms in total. The SMILES string of the molecule is CCc1nc(Br)c2cccc(N)n12. The van der Waals surface area contributed by atoms with Crippen LogP contribution in [0.15, 0.2) is 22.8 Å². The zero-order valence-corrected chi connectivity index (χ0v) is 8.87. The molecule has 0 aliphatic rings. The Labute approximate surface area is 84.7 Å². The first-order chi connectivity index (χ1) is 6.24. The molecule has 0 saturated carbocycles. The normalized spacial score (nSPS) is 10.9. The van der Waals surface area contributed by atoms with Crippen LogP contribution in [0.4, 0.5) is 5.82 Å². The minimum absolute atomic E-state index is 0.729. The van der Waals surface area contributed by atoms with Crippen molar-refractivity contribution in [2.75, 3.05) is 5.73 Å². The third kappa shape index (κ3) is 1.21. The van der Waals surface area contributed by atoms with Crippen molar-refractivity contribution in [2.24, 2.45) is 0 Å². The lowest BCUT2D eigenvalue weighted by atomic mass is 10.4. The van der Waals surface area contributed by atoms with Crippen LogP contribution in [0.2, 0.25) is 0 Å². The fourth-order valence-electron chi connectivity index (χ4n) is 1.43. The molecule has 2 rings (SSSR count). The number of nitrogens with two attached hydrogens (primary N) is 1. The smallest absolute Gasteiger partial charge is 0.132 e. The van der Waals surface area contributed by atoms with Crippen LogP contribution in [-0.4, -0.2) is 9.38 Å². The largest absolute Gasteiger partial charge is 0.385 e. The van der Waals surface area contributed by atoms with Gasteiger partial charge in [0.2, 0.25) is 0 Å². The van der Waals surface area contributed by atoms with E-state index in [9.17, 15) is 0 Å². The molecule has 0 aliphatic heterocycles. The zero-order valence-electron chi connectivity index (χ0n) is 7.29. The zero-order chi connectivity index (χ0) is 9.42. The van der Waals surface area contributed by atoms with Gasteiger partial charge in [0.15, 0.2) is 0 Å². The number of rotatable bonds is 1. The Hall–Kier alpha value is -1.03. The Morgan fingerprint density at radius 3 is 3.00 bits per heavy atom. The lowest BCUT2D eigenvalue weighted by molar-refractivity contribution is 0.937. The summed E-state index contributed by atoms with van der Waals surface area (Å²) in [4.78, 5) is 4.37. The third-order valence-corrected chi connectivity index (χ3v) is 2.62. The van der Waals surface area contributed by atoms with E-state index >= 15 is 0 Å². The van der Waals surface area contributed by atoms with Gasteiger partial charge >= 0.3 is 0 Å². The Kier molecular flexibility index (Phi) is 2.00. The van der Waals surface area contributed by atoms with E-state index in [1.807, 2.05) is 22.6 Å². The maximum Gasteiger partial charge on any atom is 0.132 e. The van der Waals surface area contributed by atoms with Crippen LogP contribution in [0, 0.1) is 0 Å². The minimum Gasteiger partial charge on any atom is -0.385 e. The number of aromatic nitrogens is 2. The number of imidazole rings is 1. The fraction of sp³-hybridized carbons (Fsp3) is 0.222. The monoisotopic (exact) mass is 239 g/mol. The Morgan fingerprint density at radius 2 is 2.31 bits per heavy atom. The molecule has 2 heterocycles. The first kappa shape index (κ1) is 8.56. The lowest BCUT2D eigenvalue weighted by Gasteiger charge is -2.01. The highest BCUT2D eigenvalue weighted by molar-refractivity contribution is 9.10. The summed E-state index contributed by atoms with van der Waals surface area (Å²) in [5.41, 5.74) is 6.87. The van der Waals surface area contributed by atoms with Gasteiger partial charge in [-0.3, -0.25) is 4.40 Å². The number of anilines is 1. The van der Waals surface area contributed by atoms with Crippen LogP contribution in [0.25, 0.3) is 5.52 Å². The van der Waals surface area contributed by atoms with Crippen molar-refractivity contribution in [3.63, 3.8) is 0 Å². The van der Waals surface area contributed by atoms with E-state index < -0.39 is 0 Å². The van der Waals surface area contributed by atoms with Crippen molar-refractivity contribution in [3.8, 4) is 0 Å². The standard InChI is InChI=1S/C9H10BrN3/c1-2-8-12-9(10)6-4-3-5-7(11)13(6)8/h3-5H,2,11H2,1H3. The van der Waals surface area contributed by atoms with Gasteiger partial charge in [0.05, 0.1) is 5.52 Å². The maximum atomic E-state index is 5.85. The van der Waals surface area contributed by atoms with Gasteiger partial charge in [-0.2, -0.15) is 0 Å². The Bertz CT molecular complexity index is 447. The second-order valence-corrected chi connectivity index (χ2v) is 3.59. The minimum atomic E-state index is 0.729. The molecule has 0 radical (unpaired) electrons. The molecule has 0 saturated heterocycles. The molecule has 0 bridgehead atoms. The molecule has 2 aromatic heterocycles. The molecule has 0 atom stereocenters. The molecule has 2 N–H and O–H groups in total.